The number of fused-ring (bicyclic) bond motifs is 1. The van der Waals surface area contributed by atoms with E-state index in [0.717, 1.165) is 34.0 Å². The third kappa shape index (κ3) is 3.45. The fraction of sp³-hybridized carbons (Fsp3) is 0.267. The largest absolute Gasteiger partial charge is 0.486 e. The molecule has 3 aromatic rings. The van der Waals surface area contributed by atoms with Crippen LogP contribution in [0.1, 0.15) is 18.2 Å². The molecule has 21 heavy (non-hydrogen) atoms. The lowest BCUT2D eigenvalue weighted by atomic mass is 10.2. The Morgan fingerprint density at radius 3 is 3.10 bits per heavy atom. The van der Waals surface area contributed by atoms with Gasteiger partial charge in [-0.25, -0.2) is 4.98 Å². The van der Waals surface area contributed by atoms with Crippen molar-refractivity contribution in [2.45, 2.75) is 20.1 Å². The second-order valence-electron chi connectivity index (χ2n) is 4.66. The zero-order valence-electron chi connectivity index (χ0n) is 11.7. The molecule has 0 unspecified atom stereocenters. The van der Waals surface area contributed by atoms with Crippen molar-refractivity contribution in [3.8, 4) is 5.75 Å². The van der Waals surface area contributed by atoms with Gasteiger partial charge in [-0.3, -0.25) is 4.40 Å². The summed E-state index contributed by atoms with van der Waals surface area (Å²) in [4.78, 5) is 5.50. The maximum Gasteiger partial charge on any atom is 0.193 e. The van der Waals surface area contributed by atoms with E-state index in [1.54, 1.807) is 11.3 Å². The molecule has 2 aromatic heterocycles. The molecule has 0 fully saturated rings. The molecular formula is C15H16BrN3OS. The highest BCUT2D eigenvalue weighted by Crippen LogP contribution is 2.27. The average Bonchev–Trinajstić information content (AvgIpc) is 3.05. The molecule has 4 nitrogen and oxygen atoms in total. The lowest BCUT2D eigenvalue weighted by molar-refractivity contribution is 0.300. The summed E-state index contributed by atoms with van der Waals surface area (Å²) in [5, 5.41) is 5.33. The number of ether oxygens (including phenoxy) is 1. The minimum Gasteiger partial charge on any atom is -0.486 e. The molecule has 0 amide bonds. The van der Waals surface area contributed by atoms with Crippen LogP contribution >= 0.6 is 27.3 Å². The van der Waals surface area contributed by atoms with Crippen molar-refractivity contribution in [1.29, 1.82) is 0 Å². The molecule has 1 aromatic carbocycles. The molecule has 0 aliphatic heterocycles. The highest BCUT2D eigenvalue weighted by atomic mass is 79.9. The van der Waals surface area contributed by atoms with Gasteiger partial charge in [0.1, 0.15) is 12.4 Å². The van der Waals surface area contributed by atoms with E-state index in [-0.39, 0.29) is 0 Å². The first-order valence-corrected chi connectivity index (χ1v) is 8.46. The molecule has 110 valence electrons. The Balaban J connectivity index is 1.65. The highest BCUT2D eigenvalue weighted by Gasteiger charge is 2.06. The number of halogens is 1. The zero-order valence-corrected chi connectivity index (χ0v) is 14.1. The van der Waals surface area contributed by atoms with Crippen molar-refractivity contribution in [3.63, 3.8) is 0 Å². The van der Waals surface area contributed by atoms with Crippen molar-refractivity contribution >= 4 is 32.2 Å². The summed E-state index contributed by atoms with van der Waals surface area (Å²) in [6.45, 7) is 4.40. The third-order valence-corrected chi connectivity index (χ3v) is 4.48. The minimum absolute atomic E-state index is 0.472. The Hall–Kier alpha value is -1.37. The monoisotopic (exact) mass is 365 g/mol. The maximum absolute atomic E-state index is 5.84. The standard InChI is InChI=1S/C15H16BrN3OS/c1-2-17-8-11-3-4-14(13(16)7-11)20-10-12-9-19-5-6-21-15(19)18-12/h3-7,9,17H,2,8,10H2,1H3. The van der Waals surface area contributed by atoms with E-state index in [0.29, 0.717) is 6.61 Å². The fourth-order valence-corrected chi connectivity index (χ4v) is 3.30. The van der Waals surface area contributed by atoms with E-state index in [9.17, 15) is 0 Å². The molecule has 0 aliphatic carbocycles. The zero-order chi connectivity index (χ0) is 14.7. The van der Waals surface area contributed by atoms with Gasteiger partial charge in [0.2, 0.25) is 0 Å². The van der Waals surface area contributed by atoms with E-state index in [1.807, 2.05) is 28.2 Å². The number of hydrogen-bond acceptors (Lipinski definition) is 4. The van der Waals surface area contributed by atoms with Crippen molar-refractivity contribution in [2.24, 2.45) is 0 Å². The number of nitrogens with zero attached hydrogens (tertiary/aromatic N) is 2. The molecule has 0 saturated carbocycles. The Morgan fingerprint density at radius 1 is 1.43 bits per heavy atom. The molecule has 0 saturated heterocycles. The second-order valence-corrected chi connectivity index (χ2v) is 6.39. The third-order valence-electron chi connectivity index (χ3n) is 3.09. The van der Waals surface area contributed by atoms with Crippen LogP contribution in [0.25, 0.3) is 4.96 Å². The predicted octanol–water partition coefficient (Wildman–Crippen LogP) is 3.85. The first-order valence-electron chi connectivity index (χ1n) is 6.79. The Labute approximate surface area is 135 Å². The van der Waals surface area contributed by atoms with Gasteiger partial charge in [0, 0.05) is 24.3 Å². The first-order chi connectivity index (χ1) is 10.3. The summed E-state index contributed by atoms with van der Waals surface area (Å²) >= 11 is 5.19. The van der Waals surface area contributed by atoms with Crippen molar-refractivity contribution < 1.29 is 4.74 Å². The number of nitrogens with one attached hydrogen (secondary N) is 1. The SMILES string of the molecule is CCNCc1ccc(OCc2cn3ccsc3n2)c(Br)c1. The van der Waals surface area contributed by atoms with Crippen LogP contribution in [0.4, 0.5) is 0 Å². The number of aromatic nitrogens is 2. The average molecular weight is 366 g/mol. The van der Waals surface area contributed by atoms with Crippen LogP contribution in [-0.2, 0) is 13.2 Å². The van der Waals surface area contributed by atoms with Crippen LogP contribution in [-0.4, -0.2) is 15.9 Å². The number of benzene rings is 1. The summed E-state index contributed by atoms with van der Waals surface area (Å²) < 4.78 is 8.83. The highest BCUT2D eigenvalue weighted by molar-refractivity contribution is 9.10. The number of hydrogen-bond donors (Lipinski definition) is 1. The summed E-state index contributed by atoms with van der Waals surface area (Å²) in [5.41, 5.74) is 2.17. The van der Waals surface area contributed by atoms with Gasteiger partial charge >= 0.3 is 0 Å². The predicted molar refractivity (Wildman–Crippen MR) is 88.9 cm³/mol. The van der Waals surface area contributed by atoms with Gasteiger partial charge in [0.25, 0.3) is 0 Å². The van der Waals surface area contributed by atoms with Gasteiger partial charge in [-0.2, -0.15) is 0 Å². The lowest BCUT2D eigenvalue weighted by Crippen LogP contribution is -2.11. The number of thiazole rings is 1. The minimum atomic E-state index is 0.472. The van der Waals surface area contributed by atoms with Gasteiger partial charge in [-0.15, -0.1) is 11.3 Å². The van der Waals surface area contributed by atoms with Gasteiger partial charge in [-0.05, 0) is 40.2 Å². The summed E-state index contributed by atoms with van der Waals surface area (Å²) in [6.07, 6.45) is 4.00. The molecule has 3 rings (SSSR count). The van der Waals surface area contributed by atoms with Gasteiger partial charge in [-0.1, -0.05) is 13.0 Å². The van der Waals surface area contributed by atoms with Crippen LogP contribution in [0, 0.1) is 0 Å². The molecule has 6 heteroatoms. The fourth-order valence-electron chi connectivity index (χ4n) is 2.04. The first kappa shape index (κ1) is 14.6. The summed E-state index contributed by atoms with van der Waals surface area (Å²) in [5.74, 6) is 0.839. The van der Waals surface area contributed by atoms with E-state index in [2.05, 4.69) is 45.3 Å². The van der Waals surface area contributed by atoms with Crippen molar-refractivity contribution in [1.82, 2.24) is 14.7 Å². The van der Waals surface area contributed by atoms with Crippen LogP contribution in [0.5, 0.6) is 5.75 Å². The Morgan fingerprint density at radius 2 is 2.33 bits per heavy atom. The summed E-state index contributed by atoms with van der Waals surface area (Å²) in [6, 6.07) is 6.16. The normalized spacial score (nSPS) is 11.1. The van der Waals surface area contributed by atoms with E-state index >= 15 is 0 Å². The second kappa shape index (κ2) is 6.60. The van der Waals surface area contributed by atoms with E-state index < -0.39 is 0 Å². The van der Waals surface area contributed by atoms with E-state index in [1.165, 1.54) is 5.56 Å². The quantitative estimate of drug-likeness (QED) is 0.720. The lowest BCUT2D eigenvalue weighted by Gasteiger charge is -2.09. The molecule has 0 radical (unpaired) electrons. The molecular weight excluding hydrogens is 350 g/mol. The summed E-state index contributed by atoms with van der Waals surface area (Å²) in [7, 11) is 0. The topological polar surface area (TPSA) is 38.6 Å². The molecule has 2 heterocycles. The Bertz CT molecular complexity index is 709. The van der Waals surface area contributed by atoms with Gasteiger partial charge < -0.3 is 10.1 Å². The van der Waals surface area contributed by atoms with Crippen LogP contribution in [0.15, 0.2) is 40.4 Å². The smallest absolute Gasteiger partial charge is 0.193 e. The van der Waals surface area contributed by atoms with Crippen LogP contribution in [0.2, 0.25) is 0 Å². The molecule has 0 bridgehead atoms. The molecule has 1 N–H and O–H groups in total. The maximum atomic E-state index is 5.84. The van der Waals surface area contributed by atoms with Gasteiger partial charge in [0.05, 0.1) is 10.2 Å². The number of rotatable bonds is 6. The van der Waals surface area contributed by atoms with Gasteiger partial charge in [0.15, 0.2) is 4.96 Å². The van der Waals surface area contributed by atoms with E-state index in [4.69, 9.17) is 4.74 Å². The molecule has 0 atom stereocenters. The Kier molecular flexibility index (Phi) is 4.57. The van der Waals surface area contributed by atoms with Crippen molar-refractivity contribution in [2.75, 3.05) is 6.54 Å². The van der Waals surface area contributed by atoms with Crippen LogP contribution < -0.4 is 10.1 Å². The molecule has 0 aliphatic rings. The molecule has 0 spiro atoms. The van der Waals surface area contributed by atoms with Crippen molar-refractivity contribution in [3.05, 3.63) is 51.7 Å². The van der Waals surface area contributed by atoms with Crippen LogP contribution in [0.3, 0.4) is 0 Å². The number of imidazole rings is 1.